The van der Waals surface area contributed by atoms with Gasteiger partial charge in [-0.05, 0) is 48.1 Å². The lowest BCUT2D eigenvalue weighted by Crippen LogP contribution is -2.23. The van der Waals surface area contributed by atoms with Crippen LogP contribution in [-0.4, -0.2) is 23.3 Å². The molecule has 2 rings (SSSR count). The fourth-order valence-electron chi connectivity index (χ4n) is 2.38. The molecule has 0 saturated carbocycles. The van der Waals surface area contributed by atoms with Gasteiger partial charge in [-0.2, -0.15) is 0 Å². The van der Waals surface area contributed by atoms with Crippen LogP contribution in [0.5, 0.6) is 11.5 Å². The molecular formula is C13H19NO2. The van der Waals surface area contributed by atoms with Crippen LogP contribution in [0.3, 0.4) is 0 Å². The monoisotopic (exact) mass is 221 g/mol. The van der Waals surface area contributed by atoms with E-state index in [1.165, 1.54) is 5.56 Å². The Morgan fingerprint density at radius 1 is 1.25 bits per heavy atom. The summed E-state index contributed by atoms with van der Waals surface area (Å²) < 4.78 is 0. The van der Waals surface area contributed by atoms with Crippen molar-refractivity contribution in [3.05, 3.63) is 23.3 Å². The van der Waals surface area contributed by atoms with E-state index in [2.05, 4.69) is 19.2 Å². The summed E-state index contributed by atoms with van der Waals surface area (Å²) >= 11 is 0. The molecule has 88 valence electrons. The van der Waals surface area contributed by atoms with Crippen LogP contribution in [0.15, 0.2) is 12.1 Å². The Bertz CT molecular complexity index is 388. The van der Waals surface area contributed by atoms with Crippen LogP contribution in [0.25, 0.3) is 0 Å². The van der Waals surface area contributed by atoms with E-state index < -0.39 is 0 Å². The van der Waals surface area contributed by atoms with Crippen LogP contribution in [0.2, 0.25) is 0 Å². The van der Waals surface area contributed by atoms with Crippen molar-refractivity contribution < 1.29 is 10.2 Å². The molecule has 3 N–H and O–H groups in total. The van der Waals surface area contributed by atoms with Gasteiger partial charge in [-0.15, -0.1) is 0 Å². The molecule has 0 aliphatic carbocycles. The van der Waals surface area contributed by atoms with Gasteiger partial charge >= 0.3 is 0 Å². The summed E-state index contributed by atoms with van der Waals surface area (Å²) in [5.41, 5.74) is 2.33. The summed E-state index contributed by atoms with van der Waals surface area (Å²) in [5.74, 6) is 0.909. The van der Waals surface area contributed by atoms with Gasteiger partial charge in [0.2, 0.25) is 0 Å². The van der Waals surface area contributed by atoms with Gasteiger partial charge in [0.25, 0.3) is 0 Å². The lowest BCUT2D eigenvalue weighted by atomic mass is 9.85. The summed E-state index contributed by atoms with van der Waals surface area (Å²) in [6.45, 7) is 6.24. The van der Waals surface area contributed by atoms with Gasteiger partial charge in [0, 0.05) is 6.54 Å². The maximum Gasteiger partial charge on any atom is 0.157 e. The predicted molar refractivity (Wildman–Crippen MR) is 63.9 cm³/mol. The van der Waals surface area contributed by atoms with E-state index in [-0.39, 0.29) is 11.5 Å². The molecular weight excluding hydrogens is 202 g/mol. The second-order valence-corrected chi connectivity index (χ2v) is 4.84. The zero-order chi connectivity index (χ0) is 11.7. The minimum atomic E-state index is -0.0110. The van der Waals surface area contributed by atoms with E-state index in [1.807, 2.05) is 0 Å². The highest BCUT2D eigenvalue weighted by atomic mass is 16.3. The Morgan fingerprint density at radius 3 is 2.62 bits per heavy atom. The summed E-state index contributed by atoms with van der Waals surface area (Å²) in [6.07, 6.45) is 0.909. The summed E-state index contributed by atoms with van der Waals surface area (Å²) in [5, 5.41) is 22.5. The highest BCUT2D eigenvalue weighted by molar-refractivity contribution is 5.47. The summed E-state index contributed by atoms with van der Waals surface area (Å²) in [7, 11) is 0. The van der Waals surface area contributed by atoms with Crippen LogP contribution < -0.4 is 5.32 Å². The molecule has 0 saturated heterocycles. The Labute approximate surface area is 96.1 Å². The smallest absolute Gasteiger partial charge is 0.157 e. The largest absolute Gasteiger partial charge is 0.504 e. The van der Waals surface area contributed by atoms with Crippen LogP contribution >= 0.6 is 0 Å². The van der Waals surface area contributed by atoms with E-state index in [4.69, 9.17) is 0 Å². The first kappa shape index (κ1) is 11.3. The van der Waals surface area contributed by atoms with Crippen molar-refractivity contribution in [3.63, 3.8) is 0 Å². The average molecular weight is 221 g/mol. The maximum absolute atomic E-state index is 9.60. The Hall–Kier alpha value is -1.22. The summed E-state index contributed by atoms with van der Waals surface area (Å²) in [4.78, 5) is 0. The molecule has 1 aromatic carbocycles. The molecule has 3 heteroatoms. The van der Waals surface area contributed by atoms with Crippen molar-refractivity contribution in [2.45, 2.75) is 26.2 Å². The van der Waals surface area contributed by atoms with Crippen molar-refractivity contribution in [1.29, 1.82) is 0 Å². The fraction of sp³-hybridized carbons (Fsp3) is 0.538. The number of fused-ring (bicyclic) bond motifs is 1. The quantitative estimate of drug-likeness (QED) is 0.636. The zero-order valence-corrected chi connectivity index (χ0v) is 9.83. The van der Waals surface area contributed by atoms with E-state index >= 15 is 0 Å². The first-order valence-corrected chi connectivity index (χ1v) is 5.85. The zero-order valence-electron chi connectivity index (χ0n) is 9.83. The van der Waals surface area contributed by atoms with E-state index in [9.17, 15) is 10.2 Å². The van der Waals surface area contributed by atoms with Crippen molar-refractivity contribution in [2.24, 2.45) is 5.92 Å². The van der Waals surface area contributed by atoms with Crippen LogP contribution in [-0.2, 0) is 6.42 Å². The first-order valence-electron chi connectivity index (χ1n) is 5.85. The molecule has 1 heterocycles. The maximum atomic E-state index is 9.60. The topological polar surface area (TPSA) is 52.5 Å². The van der Waals surface area contributed by atoms with Gasteiger partial charge < -0.3 is 15.5 Å². The molecule has 1 aliphatic rings. The molecule has 1 aromatic rings. The van der Waals surface area contributed by atoms with Crippen molar-refractivity contribution >= 4 is 0 Å². The van der Waals surface area contributed by atoms with Gasteiger partial charge in [-0.25, -0.2) is 0 Å². The lowest BCUT2D eigenvalue weighted by Gasteiger charge is -2.21. The highest BCUT2D eigenvalue weighted by Gasteiger charge is 2.22. The van der Waals surface area contributed by atoms with E-state index in [1.54, 1.807) is 12.1 Å². The number of benzene rings is 1. The minimum Gasteiger partial charge on any atom is -0.504 e. The summed E-state index contributed by atoms with van der Waals surface area (Å²) in [6, 6.07) is 3.43. The van der Waals surface area contributed by atoms with Crippen molar-refractivity contribution in [3.8, 4) is 11.5 Å². The van der Waals surface area contributed by atoms with Crippen LogP contribution in [0.1, 0.15) is 30.9 Å². The second kappa shape index (κ2) is 4.34. The van der Waals surface area contributed by atoms with Gasteiger partial charge in [-0.3, -0.25) is 0 Å². The fourth-order valence-corrected chi connectivity index (χ4v) is 2.38. The van der Waals surface area contributed by atoms with Gasteiger partial charge in [0.05, 0.1) is 0 Å². The number of nitrogens with one attached hydrogen (secondary N) is 1. The van der Waals surface area contributed by atoms with E-state index in [0.29, 0.717) is 11.8 Å². The molecule has 0 aromatic heterocycles. The standard InChI is InChI=1S/C13H19NO2/c1-8(2)11-7-14-4-3-9-5-12(15)13(16)6-10(9)11/h5-6,8,11,14-16H,3-4,7H2,1-2H3. The molecule has 1 unspecified atom stereocenters. The number of phenolic OH excluding ortho intramolecular Hbond substituents is 2. The first-order chi connectivity index (χ1) is 7.59. The minimum absolute atomic E-state index is 0.00806. The Morgan fingerprint density at radius 2 is 1.94 bits per heavy atom. The highest BCUT2D eigenvalue weighted by Crippen LogP contribution is 2.36. The number of aromatic hydroxyl groups is 2. The number of hydrogen-bond donors (Lipinski definition) is 3. The lowest BCUT2D eigenvalue weighted by molar-refractivity contribution is 0.400. The molecule has 0 amide bonds. The van der Waals surface area contributed by atoms with Crippen LogP contribution in [0.4, 0.5) is 0 Å². The second-order valence-electron chi connectivity index (χ2n) is 4.84. The Kier molecular flexibility index (Phi) is 3.06. The molecule has 1 atom stereocenters. The normalized spacial score (nSPS) is 20.6. The van der Waals surface area contributed by atoms with Gasteiger partial charge in [0.15, 0.2) is 11.5 Å². The Balaban J connectivity index is 2.48. The van der Waals surface area contributed by atoms with Crippen molar-refractivity contribution in [1.82, 2.24) is 5.32 Å². The van der Waals surface area contributed by atoms with E-state index in [0.717, 1.165) is 25.1 Å². The third-order valence-electron chi connectivity index (χ3n) is 3.38. The third-order valence-corrected chi connectivity index (χ3v) is 3.38. The van der Waals surface area contributed by atoms with Gasteiger partial charge in [-0.1, -0.05) is 13.8 Å². The number of hydrogen-bond acceptors (Lipinski definition) is 3. The molecule has 0 radical (unpaired) electrons. The molecule has 0 fully saturated rings. The number of rotatable bonds is 1. The molecule has 1 aliphatic heterocycles. The average Bonchev–Trinajstić information content (AvgIpc) is 2.41. The molecule has 0 bridgehead atoms. The van der Waals surface area contributed by atoms with Gasteiger partial charge in [0.1, 0.15) is 0 Å². The SMILES string of the molecule is CC(C)C1CNCCc2cc(O)c(O)cc21. The predicted octanol–water partition coefficient (Wildman–Crippen LogP) is 1.98. The third kappa shape index (κ3) is 2.00. The molecule has 3 nitrogen and oxygen atoms in total. The molecule has 0 spiro atoms. The van der Waals surface area contributed by atoms with Crippen LogP contribution in [0, 0.1) is 5.92 Å². The van der Waals surface area contributed by atoms with Crippen molar-refractivity contribution in [2.75, 3.05) is 13.1 Å². The molecule has 16 heavy (non-hydrogen) atoms. The number of phenols is 2.